The predicted octanol–water partition coefficient (Wildman–Crippen LogP) is 7.55. The second kappa shape index (κ2) is 55.7. The van der Waals surface area contributed by atoms with Crippen molar-refractivity contribution in [3.8, 4) is 23.0 Å². The second-order valence-electron chi connectivity index (χ2n) is 29.7. The zero-order valence-corrected chi connectivity index (χ0v) is 77.4. The van der Waals surface area contributed by atoms with E-state index in [1.165, 1.54) is 140 Å². The summed E-state index contributed by atoms with van der Waals surface area (Å²) in [5, 5.41) is 20.7. The molecule has 0 bridgehead atoms. The standard InChI is InChI=1S/2C26H24FN3O5.C24H21FN2O6.C19H20FN3O5.C3H9NO.CH3.BH4.Pd.H2/c2*1-34-14-13-29-11-12-30-16-21(25(32)28-15-18-7-9-20(27)10-8-18)23(31)24(22(30)26(29)33)35-17-19-5-3-2-4-6-19;1-32-24(31)20-22(33-15-17-5-3-2-4-6-17)21(29)19(14-27(20)11-12-28)23(30)26-13-16-7-9-18(25)10-8-16;1-28-9-8-22-6-7-23-11-14(16(24)17(25)15(23)19(22)27)18(26)21-10-12-2-4-13(20)5-3-12;1-5-3-2-4;;;;/h2*2-12,16H,13-15,17H2,1H3,(H,28,32);2-10,12,14H,11,13,15H2,1H3,(H,26,30);2-5,11,25H,6-10H2,1H3,(H,21,26);2-4H2,1H3;1H3;1H4;;1H/q;;;;;2*-1;;. The summed E-state index contributed by atoms with van der Waals surface area (Å²) >= 11 is 0. The third-order valence-electron chi connectivity index (χ3n) is 20.5. The summed E-state index contributed by atoms with van der Waals surface area (Å²) in [6.45, 7) is 3.89. The number of hydrogen-bond donors (Lipinski definition) is 6. The Balaban J connectivity index is 0.000000279. The van der Waals surface area contributed by atoms with Crippen LogP contribution in [0.15, 0.2) is 266 Å². The van der Waals surface area contributed by atoms with Crippen LogP contribution in [0.4, 0.5) is 17.6 Å². The maximum absolute atomic E-state index is 13.4. The fourth-order valence-electron chi connectivity index (χ4n) is 13.3. The number of nitrogens with one attached hydrogen (secondary N) is 4. The first-order valence-corrected chi connectivity index (χ1v) is 42.1. The van der Waals surface area contributed by atoms with E-state index in [1.807, 2.05) is 66.7 Å². The number of fused-ring (bicyclic) bond motifs is 3. The van der Waals surface area contributed by atoms with E-state index in [1.54, 1.807) is 80.4 Å². The van der Waals surface area contributed by atoms with Crippen LogP contribution in [-0.2, 0) is 121 Å². The molecule has 34 nitrogen and oxygen atoms in total. The minimum absolute atomic E-state index is 0. The van der Waals surface area contributed by atoms with Crippen molar-refractivity contribution in [3.05, 3.63) is 403 Å². The molecule has 13 aromatic rings. The monoisotopic (exact) mass is 2010 g/mol. The Kier molecular flexibility index (Phi) is 44.3. The molecule has 0 atom stereocenters. The molecule has 7 aromatic carbocycles. The molecule has 40 heteroatoms. The molecule has 139 heavy (non-hydrogen) atoms. The summed E-state index contributed by atoms with van der Waals surface area (Å²) in [5.74, 6) is -7.23. The summed E-state index contributed by atoms with van der Waals surface area (Å²) in [5.41, 5.74) is 4.62. The van der Waals surface area contributed by atoms with E-state index in [-0.39, 0.29) is 171 Å². The molecular formula is C99H107BF4N12O22Pd-2. The van der Waals surface area contributed by atoms with Gasteiger partial charge in [0.15, 0.2) is 45.4 Å². The minimum atomic E-state index is -0.912. The summed E-state index contributed by atoms with van der Waals surface area (Å²) in [4.78, 5) is 167. The van der Waals surface area contributed by atoms with Crippen LogP contribution < -0.4 is 74.0 Å². The van der Waals surface area contributed by atoms with Crippen molar-refractivity contribution in [1.29, 1.82) is 0 Å². The average Bonchev–Trinajstić information content (AvgIpc) is 0.763. The van der Waals surface area contributed by atoms with Crippen molar-refractivity contribution in [2.24, 2.45) is 5.73 Å². The van der Waals surface area contributed by atoms with Gasteiger partial charge in [-0.1, -0.05) is 148 Å². The molecule has 7 N–H and O–H groups in total. The van der Waals surface area contributed by atoms with Gasteiger partial charge in [0.25, 0.3) is 40.7 Å². The van der Waals surface area contributed by atoms with Crippen molar-refractivity contribution < 1.29 is 116 Å². The number of carbonyl (C=O) groups excluding carboxylic acids is 7. The Hall–Kier alpha value is -15.3. The van der Waals surface area contributed by atoms with E-state index in [9.17, 15) is 85.0 Å². The van der Waals surface area contributed by atoms with Gasteiger partial charge in [-0.25, -0.2) is 22.4 Å². The zero-order chi connectivity index (χ0) is 97.7. The van der Waals surface area contributed by atoms with Crippen molar-refractivity contribution in [2.75, 3.05) is 81.6 Å². The van der Waals surface area contributed by atoms with Crippen molar-refractivity contribution in [2.45, 2.75) is 72.2 Å². The number of rotatable bonds is 35. The topological polar surface area (TPSA) is 422 Å². The number of nitrogens with zero attached hydrogens (tertiary/aromatic N) is 7. The van der Waals surface area contributed by atoms with Gasteiger partial charge in [-0.2, -0.15) is 0 Å². The number of amides is 5. The van der Waals surface area contributed by atoms with Crippen molar-refractivity contribution in [3.63, 3.8) is 0 Å². The van der Waals surface area contributed by atoms with Crippen LogP contribution in [0, 0.1) is 30.7 Å². The molecule has 7 heterocycles. The number of hydrogen-bond acceptors (Lipinski definition) is 23. The first-order chi connectivity index (χ1) is 65.7. The predicted molar refractivity (Wildman–Crippen MR) is 511 cm³/mol. The number of ether oxygens (including phenoxy) is 8. The fraction of sp³-hybridized carbons (Fsp3) is 0.232. The molecule has 6 aromatic heterocycles. The number of nitrogens with two attached hydrogens (primary N) is 1. The number of carbonyl (C=O) groups is 7. The Labute approximate surface area is 811 Å². The second-order valence-corrected chi connectivity index (χ2v) is 29.7. The van der Waals surface area contributed by atoms with Gasteiger partial charge in [0, 0.05) is 165 Å². The third-order valence-corrected chi connectivity index (χ3v) is 20.5. The number of aldehydes is 1. The molecule has 1 aliphatic rings. The van der Waals surface area contributed by atoms with E-state index in [2.05, 4.69) is 26.0 Å². The summed E-state index contributed by atoms with van der Waals surface area (Å²) in [6, 6.07) is 49.6. The first-order valence-electron chi connectivity index (χ1n) is 42.1. The van der Waals surface area contributed by atoms with Crippen LogP contribution in [0.2, 0.25) is 0 Å². The van der Waals surface area contributed by atoms with Crippen LogP contribution in [0.1, 0.15) is 103 Å². The molecule has 1 aliphatic heterocycles. The Morgan fingerprint density at radius 3 is 1.08 bits per heavy atom. The maximum atomic E-state index is 13.4. The number of aromatic hydroxyl groups is 1. The molecule has 14 rings (SSSR count). The molecule has 0 saturated heterocycles. The normalized spacial score (nSPS) is 10.9. The van der Waals surface area contributed by atoms with E-state index in [0.29, 0.717) is 81.1 Å². The van der Waals surface area contributed by atoms with Gasteiger partial charge in [-0.3, -0.25) is 52.7 Å². The largest absolute Gasteiger partial charge is 0.503 e. The van der Waals surface area contributed by atoms with Crippen molar-refractivity contribution >= 4 is 61.2 Å². The smallest absolute Gasteiger partial charge is 0.358 e. The van der Waals surface area contributed by atoms with Gasteiger partial charge < -0.3 is 114 Å². The molecule has 0 spiro atoms. The Morgan fingerprint density at radius 1 is 0.417 bits per heavy atom. The molecule has 0 fully saturated rings. The van der Waals surface area contributed by atoms with E-state index in [0.717, 1.165) is 34.6 Å². The first kappa shape index (κ1) is 111. The summed E-state index contributed by atoms with van der Waals surface area (Å²) in [6.07, 6.45) is 11.8. The van der Waals surface area contributed by atoms with E-state index < -0.39 is 91.5 Å². The summed E-state index contributed by atoms with van der Waals surface area (Å²) < 4.78 is 102. The molecule has 738 valence electrons. The van der Waals surface area contributed by atoms with Gasteiger partial charge in [-0.15, -0.1) is 0 Å². The van der Waals surface area contributed by atoms with Crippen LogP contribution in [0.5, 0.6) is 23.0 Å². The van der Waals surface area contributed by atoms with E-state index >= 15 is 0 Å². The number of methoxy groups -OCH3 is 5. The Bertz CT molecular complexity index is 6510. The molecule has 5 amide bonds. The molecule has 0 saturated carbocycles. The van der Waals surface area contributed by atoms with Crippen LogP contribution in [0.25, 0.3) is 11.0 Å². The van der Waals surface area contributed by atoms with Crippen LogP contribution in [-0.4, -0.2) is 169 Å². The maximum Gasteiger partial charge on any atom is 0.358 e. The minimum Gasteiger partial charge on any atom is -0.503 e. The average molecular weight is 2010 g/mol. The van der Waals surface area contributed by atoms with Crippen LogP contribution in [0.3, 0.4) is 0 Å². The van der Waals surface area contributed by atoms with Gasteiger partial charge in [0.2, 0.25) is 21.7 Å². The quantitative estimate of drug-likeness (QED) is 0.00733. The third kappa shape index (κ3) is 30.6. The van der Waals surface area contributed by atoms with Gasteiger partial charge >= 0.3 is 5.97 Å². The number of aromatic nitrogens is 6. The number of esters is 1. The number of halogens is 4. The number of pyridine rings is 4. The van der Waals surface area contributed by atoms with E-state index in [4.69, 9.17) is 38.9 Å². The summed E-state index contributed by atoms with van der Waals surface area (Å²) in [7, 11) is 7.33. The van der Waals surface area contributed by atoms with Gasteiger partial charge in [0.1, 0.15) is 71.6 Å². The number of benzene rings is 7. The molecular weight excluding hydrogens is 1900 g/mol. The Morgan fingerprint density at radius 2 is 0.748 bits per heavy atom. The van der Waals surface area contributed by atoms with Gasteiger partial charge in [0.05, 0.1) is 40.1 Å². The van der Waals surface area contributed by atoms with Gasteiger partial charge in [-0.05, 0) is 87.5 Å². The van der Waals surface area contributed by atoms with Crippen LogP contribution >= 0.6 is 0 Å². The molecule has 0 radical (unpaired) electrons. The SMILES string of the molecule is COC(=O)c1c(OCc2ccccc2)c(=O)c(C(=O)NCc2ccc(F)cc2)cn1CC=O.COCCN.COCCN1CCn2cc(C(=O)NCc3ccc(F)cc3)c(=O)c(O)c2C1=O.COCCn1ccn2cc(C(=O)NCc3ccc(F)cc3)c(=O)c(OCc3ccccc3)c2c1=O.COCCn1ccn2cc(C(=O)NCc3ccc(F)cc3)c(=O)c(OCc3ccccc3)c2c1=O.[BH4-].[CH3-].[HH].[Pd]. The fourth-order valence-corrected chi connectivity index (χ4v) is 13.3. The van der Waals surface area contributed by atoms with Crippen molar-refractivity contribution in [1.82, 2.24) is 53.2 Å². The molecule has 0 unspecified atom stereocenters. The molecule has 0 aliphatic carbocycles. The zero-order valence-electron chi connectivity index (χ0n) is 75.9.